The van der Waals surface area contributed by atoms with Gasteiger partial charge in [0.25, 0.3) is 0 Å². The highest BCUT2D eigenvalue weighted by atomic mass is 19.2. The van der Waals surface area contributed by atoms with Crippen molar-refractivity contribution in [3.63, 3.8) is 0 Å². The molecule has 0 saturated heterocycles. The molecule has 0 aliphatic heterocycles. The van der Waals surface area contributed by atoms with E-state index in [9.17, 15) is 17.6 Å². The van der Waals surface area contributed by atoms with Gasteiger partial charge in [0.05, 0.1) is 16.7 Å². The molecule has 3 nitrogen and oxygen atoms in total. The monoisotopic (exact) mass is 301 g/mol. The van der Waals surface area contributed by atoms with Crippen LogP contribution < -0.4 is 0 Å². The van der Waals surface area contributed by atoms with Gasteiger partial charge in [-0.25, -0.2) is 17.6 Å². The molecule has 7 heteroatoms. The summed E-state index contributed by atoms with van der Waals surface area (Å²) < 4.78 is 55.0. The smallest absolute Gasteiger partial charge is 0.180 e. The number of halogens is 4. The maximum Gasteiger partial charge on any atom is 0.180 e. The zero-order valence-corrected chi connectivity index (χ0v) is 10.6. The molecular formula is C15H3F4N3. The van der Waals surface area contributed by atoms with Crippen LogP contribution in [-0.4, -0.2) is 0 Å². The molecule has 0 amide bonds. The van der Waals surface area contributed by atoms with Crippen LogP contribution in [-0.2, 0) is 0 Å². The largest absolute Gasteiger partial charge is 0.203 e. The molecule has 0 spiro atoms. The van der Waals surface area contributed by atoms with Crippen molar-refractivity contribution in [3.05, 3.63) is 58.2 Å². The molecule has 0 saturated carbocycles. The minimum Gasteiger partial charge on any atom is -0.203 e. The van der Waals surface area contributed by atoms with E-state index in [1.54, 1.807) is 12.1 Å². The van der Waals surface area contributed by atoms with Gasteiger partial charge in [0.1, 0.15) is 23.8 Å². The lowest BCUT2D eigenvalue weighted by Crippen LogP contribution is -2.04. The van der Waals surface area contributed by atoms with E-state index < -0.39 is 34.4 Å². The van der Waals surface area contributed by atoms with Crippen LogP contribution >= 0.6 is 0 Å². The summed E-state index contributed by atoms with van der Waals surface area (Å²) in [6.07, 6.45) is 0. The Morgan fingerprint density at radius 3 is 1.68 bits per heavy atom. The Morgan fingerprint density at radius 1 is 0.682 bits per heavy atom. The molecule has 106 valence electrons. The Hall–Kier alpha value is -3.37. The van der Waals surface area contributed by atoms with Crippen LogP contribution in [0, 0.1) is 57.3 Å². The standard InChI is InChI=1S/C15H3F4N3/c16-12-10(6-22)13(17)15(19)11(14(12)18)7-1-2-8(4-20)9(3-7)5-21/h1-3H. The minimum absolute atomic E-state index is 0.0540. The number of hydrogen-bond acceptors (Lipinski definition) is 3. The molecule has 22 heavy (non-hydrogen) atoms. The Kier molecular flexibility index (Phi) is 3.79. The van der Waals surface area contributed by atoms with Gasteiger partial charge in [0, 0.05) is 0 Å². The second-order valence-electron chi connectivity index (χ2n) is 4.10. The summed E-state index contributed by atoms with van der Waals surface area (Å²) in [4.78, 5) is 0. The third-order valence-electron chi connectivity index (χ3n) is 2.92. The Bertz CT molecular complexity index is 885. The van der Waals surface area contributed by atoms with Gasteiger partial charge in [0.15, 0.2) is 23.3 Å². The van der Waals surface area contributed by atoms with Crippen LogP contribution in [0.15, 0.2) is 18.2 Å². The van der Waals surface area contributed by atoms with Crippen molar-refractivity contribution in [1.82, 2.24) is 0 Å². The predicted molar refractivity (Wildman–Crippen MR) is 65.9 cm³/mol. The van der Waals surface area contributed by atoms with Gasteiger partial charge in [-0.1, -0.05) is 6.07 Å². The van der Waals surface area contributed by atoms with Crippen molar-refractivity contribution >= 4 is 0 Å². The van der Waals surface area contributed by atoms with Crippen molar-refractivity contribution in [2.45, 2.75) is 0 Å². The number of hydrogen-bond donors (Lipinski definition) is 0. The van der Waals surface area contributed by atoms with Gasteiger partial charge in [-0.15, -0.1) is 0 Å². The molecule has 2 aromatic rings. The first-order chi connectivity index (χ1) is 10.5. The van der Waals surface area contributed by atoms with E-state index in [-0.39, 0.29) is 16.7 Å². The van der Waals surface area contributed by atoms with Gasteiger partial charge in [0.2, 0.25) is 0 Å². The van der Waals surface area contributed by atoms with E-state index in [0.717, 1.165) is 24.3 Å². The maximum absolute atomic E-state index is 13.9. The lowest BCUT2D eigenvalue weighted by molar-refractivity contribution is 0.454. The number of nitriles is 3. The van der Waals surface area contributed by atoms with Gasteiger partial charge < -0.3 is 0 Å². The fourth-order valence-corrected chi connectivity index (χ4v) is 1.87. The Labute approximate surface area is 121 Å². The topological polar surface area (TPSA) is 71.4 Å². The lowest BCUT2D eigenvalue weighted by atomic mass is 9.97. The molecule has 0 aliphatic rings. The van der Waals surface area contributed by atoms with E-state index in [4.69, 9.17) is 15.8 Å². The fourth-order valence-electron chi connectivity index (χ4n) is 1.87. The molecule has 0 aromatic heterocycles. The first-order valence-corrected chi connectivity index (χ1v) is 5.66. The van der Waals surface area contributed by atoms with E-state index in [1.807, 2.05) is 0 Å². The van der Waals surface area contributed by atoms with E-state index in [0.29, 0.717) is 0 Å². The van der Waals surface area contributed by atoms with Crippen LogP contribution in [0.4, 0.5) is 17.6 Å². The maximum atomic E-state index is 13.9. The number of rotatable bonds is 1. The SMILES string of the molecule is N#Cc1ccc(-c2c(F)c(F)c(C#N)c(F)c2F)cc1C#N. The molecule has 0 fully saturated rings. The van der Waals surface area contributed by atoms with Crippen LogP contribution in [0.1, 0.15) is 16.7 Å². The summed E-state index contributed by atoms with van der Waals surface area (Å²) in [5, 5.41) is 26.2. The van der Waals surface area contributed by atoms with Crippen LogP contribution in [0.2, 0.25) is 0 Å². The zero-order chi connectivity index (χ0) is 16.4. The zero-order valence-electron chi connectivity index (χ0n) is 10.6. The summed E-state index contributed by atoms with van der Waals surface area (Å²) in [6.45, 7) is 0. The molecule has 0 bridgehead atoms. The van der Waals surface area contributed by atoms with Gasteiger partial charge in [-0.3, -0.25) is 0 Å². The first-order valence-electron chi connectivity index (χ1n) is 5.66. The van der Waals surface area contributed by atoms with E-state index >= 15 is 0 Å². The summed E-state index contributed by atoms with van der Waals surface area (Å²) in [5.41, 5.74) is -3.00. The van der Waals surface area contributed by atoms with Gasteiger partial charge >= 0.3 is 0 Å². The molecule has 2 aromatic carbocycles. The van der Waals surface area contributed by atoms with E-state index in [2.05, 4.69) is 0 Å². The minimum atomic E-state index is -1.82. The summed E-state index contributed by atoms with van der Waals surface area (Å²) in [5.74, 6) is -7.13. The molecule has 0 unspecified atom stereocenters. The predicted octanol–water partition coefficient (Wildman–Crippen LogP) is 3.53. The Morgan fingerprint density at radius 2 is 1.23 bits per heavy atom. The van der Waals surface area contributed by atoms with Gasteiger partial charge in [-0.2, -0.15) is 15.8 Å². The molecule has 0 atom stereocenters. The highest BCUT2D eigenvalue weighted by molar-refractivity contribution is 5.69. The van der Waals surface area contributed by atoms with Crippen LogP contribution in [0.3, 0.4) is 0 Å². The third-order valence-corrected chi connectivity index (χ3v) is 2.92. The first kappa shape index (κ1) is 15.0. The average molecular weight is 301 g/mol. The lowest BCUT2D eigenvalue weighted by Gasteiger charge is -2.09. The van der Waals surface area contributed by atoms with Crippen molar-refractivity contribution in [2.75, 3.05) is 0 Å². The summed E-state index contributed by atoms with van der Waals surface area (Å²) in [6, 6.07) is 7.45. The highest BCUT2D eigenvalue weighted by Gasteiger charge is 2.26. The molecule has 0 radical (unpaired) electrons. The van der Waals surface area contributed by atoms with Crippen molar-refractivity contribution < 1.29 is 17.6 Å². The fraction of sp³-hybridized carbons (Fsp3) is 0. The summed E-state index contributed by atoms with van der Waals surface area (Å²) >= 11 is 0. The molecule has 2 rings (SSSR count). The number of nitrogens with zero attached hydrogens (tertiary/aromatic N) is 3. The average Bonchev–Trinajstić information content (AvgIpc) is 2.53. The van der Waals surface area contributed by atoms with Crippen LogP contribution in [0.5, 0.6) is 0 Å². The molecular weight excluding hydrogens is 298 g/mol. The van der Waals surface area contributed by atoms with Gasteiger partial charge in [-0.05, 0) is 17.7 Å². The van der Waals surface area contributed by atoms with Crippen molar-refractivity contribution in [3.8, 4) is 29.3 Å². The van der Waals surface area contributed by atoms with Crippen molar-refractivity contribution in [1.29, 1.82) is 15.8 Å². The van der Waals surface area contributed by atoms with E-state index in [1.165, 1.54) is 0 Å². The molecule has 0 heterocycles. The molecule has 0 N–H and O–H groups in total. The van der Waals surface area contributed by atoms with Crippen molar-refractivity contribution in [2.24, 2.45) is 0 Å². The van der Waals surface area contributed by atoms with Crippen LogP contribution in [0.25, 0.3) is 11.1 Å². The second-order valence-corrected chi connectivity index (χ2v) is 4.10. The highest BCUT2D eigenvalue weighted by Crippen LogP contribution is 2.32. The second kappa shape index (κ2) is 5.55. The normalized spacial score (nSPS) is 9.68. The summed E-state index contributed by atoms with van der Waals surface area (Å²) in [7, 11) is 0. The quantitative estimate of drug-likeness (QED) is 0.597. The number of benzene rings is 2. The third kappa shape index (κ3) is 2.13. The Balaban J connectivity index is 2.84. The molecule has 0 aliphatic carbocycles.